The average molecular weight is 323 g/mol. The minimum atomic E-state index is -0.854. The lowest BCUT2D eigenvalue weighted by Gasteiger charge is -2.28. The molecule has 0 heterocycles. The van der Waals surface area contributed by atoms with Crippen LogP contribution < -0.4 is 0 Å². The SMILES string of the molecule is N#CC(F)=CCCC1CCC(OCc2ccc(F)c(F)c2)CC1. The van der Waals surface area contributed by atoms with Crippen molar-refractivity contribution in [3.8, 4) is 6.07 Å². The molecule has 0 aromatic heterocycles. The molecule has 0 bridgehead atoms. The predicted octanol–water partition coefficient (Wildman–Crippen LogP) is 5.20. The van der Waals surface area contributed by atoms with Crippen molar-refractivity contribution in [1.29, 1.82) is 5.26 Å². The Hall–Kier alpha value is -1.80. The lowest BCUT2D eigenvalue weighted by atomic mass is 9.84. The Labute approximate surface area is 134 Å². The zero-order valence-corrected chi connectivity index (χ0v) is 12.9. The van der Waals surface area contributed by atoms with E-state index in [0.717, 1.165) is 44.2 Å². The second kappa shape index (κ2) is 8.73. The summed E-state index contributed by atoms with van der Waals surface area (Å²) in [6.07, 6.45) is 6.78. The quantitative estimate of drug-likeness (QED) is 0.674. The van der Waals surface area contributed by atoms with Gasteiger partial charge >= 0.3 is 0 Å². The highest BCUT2D eigenvalue weighted by molar-refractivity contribution is 5.16. The van der Waals surface area contributed by atoms with Gasteiger partial charge in [0.2, 0.25) is 0 Å². The van der Waals surface area contributed by atoms with Crippen LogP contribution in [0.15, 0.2) is 30.1 Å². The Kier molecular flexibility index (Phi) is 6.66. The van der Waals surface area contributed by atoms with Crippen LogP contribution >= 0.6 is 0 Å². The van der Waals surface area contributed by atoms with Crippen LogP contribution in [0.3, 0.4) is 0 Å². The van der Waals surface area contributed by atoms with E-state index in [-0.39, 0.29) is 12.7 Å². The number of hydrogen-bond acceptors (Lipinski definition) is 2. The standard InChI is InChI=1S/C18H20F3NO/c19-15(11-22)3-1-2-13-4-7-16(8-5-13)23-12-14-6-9-17(20)18(21)10-14/h3,6,9-10,13,16H,1-2,4-5,7-8,12H2. The summed E-state index contributed by atoms with van der Waals surface area (Å²) in [6.45, 7) is 0.280. The Bertz CT molecular complexity index is 586. The predicted molar refractivity (Wildman–Crippen MR) is 80.9 cm³/mol. The van der Waals surface area contributed by atoms with Gasteiger partial charge in [0.15, 0.2) is 17.5 Å². The van der Waals surface area contributed by atoms with Crippen LogP contribution in [0.5, 0.6) is 0 Å². The van der Waals surface area contributed by atoms with Crippen LogP contribution in [-0.4, -0.2) is 6.10 Å². The number of hydrogen-bond donors (Lipinski definition) is 0. The zero-order chi connectivity index (χ0) is 16.7. The molecule has 1 aliphatic carbocycles. The van der Waals surface area contributed by atoms with Crippen molar-refractivity contribution in [3.05, 3.63) is 47.3 Å². The van der Waals surface area contributed by atoms with Crippen LogP contribution in [0, 0.1) is 28.9 Å². The van der Waals surface area contributed by atoms with E-state index in [9.17, 15) is 13.2 Å². The van der Waals surface area contributed by atoms with Crippen molar-refractivity contribution < 1.29 is 17.9 Å². The maximum absolute atomic E-state index is 13.1. The van der Waals surface area contributed by atoms with E-state index in [1.165, 1.54) is 18.2 Å². The molecule has 1 aromatic carbocycles. The third-order valence-electron chi connectivity index (χ3n) is 4.27. The van der Waals surface area contributed by atoms with Crippen LogP contribution in [-0.2, 0) is 11.3 Å². The number of rotatable bonds is 6. The van der Waals surface area contributed by atoms with E-state index in [4.69, 9.17) is 10.00 Å². The smallest absolute Gasteiger partial charge is 0.196 e. The van der Waals surface area contributed by atoms with Crippen molar-refractivity contribution in [1.82, 2.24) is 0 Å². The van der Waals surface area contributed by atoms with Crippen LogP contribution in [0.4, 0.5) is 13.2 Å². The molecule has 5 heteroatoms. The molecule has 0 atom stereocenters. The highest BCUT2D eigenvalue weighted by atomic mass is 19.2. The summed E-state index contributed by atoms with van der Waals surface area (Å²) in [4.78, 5) is 0. The molecule has 0 aliphatic heterocycles. The van der Waals surface area contributed by atoms with Gasteiger partial charge < -0.3 is 4.74 Å². The van der Waals surface area contributed by atoms with Crippen molar-refractivity contribution in [2.75, 3.05) is 0 Å². The molecule has 0 amide bonds. The number of ether oxygens (including phenoxy) is 1. The summed E-state index contributed by atoms with van der Waals surface area (Å²) < 4.78 is 44.4. The van der Waals surface area contributed by atoms with E-state index in [2.05, 4.69) is 0 Å². The molecule has 2 nitrogen and oxygen atoms in total. The largest absolute Gasteiger partial charge is 0.374 e. The van der Waals surface area contributed by atoms with Gasteiger partial charge in [-0.15, -0.1) is 0 Å². The van der Waals surface area contributed by atoms with Crippen LogP contribution in [0.25, 0.3) is 0 Å². The first kappa shape index (κ1) is 17.6. The first-order chi connectivity index (χ1) is 11.1. The van der Waals surface area contributed by atoms with E-state index < -0.39 is 17.5 Å². The van der Waals surface area contributed by atoms with Crippen molar-refractivity contribution in [2.45, 2.75) is 51.2 Å². The molecule has 0 saturated heterocycles. The maximum Gasteiger partial charge on any atom is 0.196 e. The molecular formula is C18H20F3NO. The van der Waals surface area contributed by atoms with Crippen LogP contribution in [0.1, 0.15) is 44.1 Å². The summed E-state index contributed by atoms with van der Waals surface area (Å²) in [7, 11) is 0. The molecule has 124 valence electrons. The van der Waals surface area contributed by atoms with Crippen molar-refractivity contribution in [3.63, 3.8) is 0 Å². The fraction of sp³-hybridized carbons (Fsp3) is 0.500. The highest BCUT2D eigenvalue weighted by Crippen LogP contribution is 2.30. The number of benzene rings is 1. The minimum Gasteiger partial charge on any atom is -0.374 e. The molecule has 1 aromatic rings. The third-order valence-corrected chi connectivity index (χ3v) is 4.27. The Morgan fingerprint density at radius 2 is 1.96 bits per heavy atom. The number of nitrogens with zero attached hydrogens (tertiary/aromatic N) is 1. The molecule has 0 spiro atoms. The zero-order valence-electron chi connectivity index (χ0n) is 12.9. The average Bonchev–Trinajstić information content (AvgIpc) is 2.57. The van der Waals surface area contributed by atoms with Gasteiger partial charge in [0.25, 0.3) is 0 Å². The maximum atomic E-state index is 13.1. The summed E-state index contributed by atoms with van der Waals surface area (Å²) in [5.74, 6) is -1.89. The van der Waals surface area contributed by atoms with Gasteiger partial charge in [0.1, 0.15) is 6.07 Å². The molecular weight excluding hydrogens is 303 g/mol. The topological polar surface area (TPSA) is 33.0 Å². The van der Waals surface area contributed by atoms with Crippen LogP contribution in [0.2, 0.25) is 0 Å². The molecule has 2 rings (SSSR count). The van der Waals surface area contributed by atoms with Gasteiger partial charge in [-0.1, -0.05) is 6.07 Å². The minimum absolute atomic E-state index is 0.130. The van der Waals surface area contributed by atoms with Gasteiger partial charge in [-0.3, -0.25) is 0 Å². The molecule has 0 N–H and O–H groups in total. The Balaban J connectivity index is 1.68. The highest BCUT2D eigenvalue weighted by Gasteiger charge is 2.21. The second-order valence-corrected chi connectivity index (χ2v) is 5.94. The monoisotopic (exact) mass is 323 g/mol. The lowest BCUT2D eigenvalue weighted by Crippen LogP contribution is -2.21. The van der Waals surface area contributed by atoms with Gasteiger partial charge in [0, 0.05) is 0 Å². The molecule has 1 saturated carbocycles. The molecule has 23 heavy (non-hydrogen) atoms. The van der Waals surface area contributed by atoms with Crippen molar-refractivity contribution >= 4 is 0 Å². The Morgan fingerprint density at radius 1 is 1.22 bits per heavy atom. The number of nitriles is 1. The fourth-order valence-electron chi connectivity index (χ4n) is 2.92. The number of allylic oxidation sites excluding steroid dienone is 2. The van der Waals surface area contributed by atoms with Gasteiger partial charge in [-0.2, -0.15) is 9.65 Å². The van der Waals surface area contributed by atoms with Crippen molar-refractivity contribution in [2.24, 2.45) is 5.92 Å². The van der Waals surface area contributed by atoms with Gasteiger partial charge in [-0.05, 0) is 68.2 Å². The first-order valence-electron chi connectivity index (χ1n) is 7.89. The Morgan fingerprint density at radius 3 is 2.61 bits per heavy atom. The molecule has 0 radical (unpaired) electrons. The summed E-state index contributed by atoms with van der Waals surface area (Å²) in [5.41, 5.74) is 0.628. The molecule has 1 aliphatic rings. The van der Waals surface area contributed by atoms with Gasteiger partial charge in [-0.25, -0.2) is 8.78 Å². The third kappa shape index (κ3) is 5.72. The summed E-state index contributed by atoms with van der Waals surface area (Å²) in [6, 6.07) is 5.28. The lowest BCUT2D eigenvalue weighted by molar-refractivity contribution is 0.00633. The summed E-state index contributed by atoms with van der Waals surface area (Å²) in [5, 5.41) is 8.34. The van der Waals surface area contributed by atoms with E-state index >= 15 is 0 Å². The second-order valence-electron chi connectivity index (χ2n) is 5.94. The number of halogens is 3. The van der Waals surface area contributed by atoms with E-state index in [1.54, 1.807) is 0 Å². The fourth-order valence-corrected chi connectivity index (χ4v) is 2.92. The molecule has 0 unspecified atom stereocenters. The van der Waals surface area contributed by atoms with E-state index in [0.29, 0.717) is 17.9 Å². The van der Waals surface area contributed by atoms with Gasteiger partial charge in [0.05, 0.1) is 12.7 Å². The normalized spacial score (nSPS) is 21.9. The first-order valence-corrected chi connectivity index (χ1v) is 7.89. The molecule has 1 fully saturated rings. The summed E-state index contributed by atoms with van der Waals surface area (Å²) >= 11 is 0. The van der Waals surface area contributed by atoms with E-state index in [1.807, 2.05) is 0 Å².